The van der Waals surface area contributed by atoms with Crippen molar-refractivity contribution in [2.45, 2.75) is 25.7 Å². The SMILES string of the molecule is CN1C(=O)[C@H]2CN(CC(=O)N3CCCCCC3)C[C@H]2C1=O. The molecular formula is C15H23N3O3. The van der Waals surface area contributed by atoms with Crippen molar-refractivity contribution in [1.82, 2.24) is 14.7 Å². The van der Waals surface area contributed by atoms with Gasteiger partial charge in [0, 0.05) is 33.2 Å². The third kappa shape index (κ3) is 2.69. The lowest BCUT2D eigenvalue weighted by atomic mass is 10.00. The summed E-state index contributed by atoms with van der Waals surface area (Å²) in [5, 5.41) is 0. The van der Waals surface area contributed by atoms with Crippen LogP contribution in [0.2, 0.25) is 0 Å². The Bertz CT molecular complexity index is 433. The smallest absolute Gasteiger partial charge is 0.236 e. The molecule has 3 aliphatic heterocycles. The lowest BCUT2D eigenvalue weighted by Gasteiger charge is -2.24. The molecule has 0 aliphatic carbocycles. The van der Waals surface area contributed by atoms with E-state index in [1.807, 2.05) is 9.80 Å². The molecule has 0 spiro atoms. The molecule has 0 aromatic carbocycles. The van der Waals surface area contributed by atoms with E-state index in [1.165, 1.54) is 17.7 Å². The van der Waals surface area contributed by atoms with Crippen molar-refractivity contribution < 1.29 is 14.4 Å². The van der Waals surface area contributed by atoms with Crippen LogP contribution < -0.4 is 0 Å². The zero-order valence-electron chi connectivity index (χ0n) is 12.6. The zero-order valence-corrected chi connectivity index (χ0v) is 12.6. The van der Waals surface area contributed by atoms with Gasteiger partial charge in [0.2, 0.25) is 17.7 Å². The summed E-state index contributed by atoms with van der Waals surface area (Å²) in [7, 11) is 1.55. The van der Waals surface area contributed by atoms with E-state index in [9.17, 15) is 14.4 Å². The average molecular weight is 293 g/mol. The Morgan fingerprint density at radius 2 is 1.52 bits per heavy atom. The minimum Gasteiger partial charge on any atom is -0.342 e. The number of nitrogens with zero attached hydrogens (tertiary/aromatic N) is 3. The van der Waals surface area contributed by atoms with Crippen LogP contribution in [0, 0.1) is 11.8 Å². The first kappa shape index (κ1) is 14.5. The molecule has 116 valence electrons. The number of amides is 3. The second-order valence-corrected chi connectivity index (χ2v) is 6.44. The summed E-state index contributed by atoms with van der Waals surface area (Å²) in [6, 6.07) is 0. The highest BCUT2D eigenvalue weighted by molar-refractivity contribution is 6.05. The number of hydrogen-bond acceptors (Lipinski definition) is 4. The van der Waals surface area contributed by atoms with Crippen molar-refractivity contribution in [3.05, 3.63) is 0 Å². The lowest BCUT2D eigenvalue weighted by molar-refractivity contribution is -0.140. The first-order chi connectivity index (χ1) is 10.1. The second kappa shape index (κ2) is 5.75. The Kier molecular flexibility index (Phi) is 3.97. The zero-order chi connectivity index (χ0) is 15.0. The van der Waals surface area contributed by atoms with Gasteiger partial charge in [0.05, 0.1) is 18.4 Å². The van der Waals surface area contributed by atoms with Crippen molar-refractivity contribution in [3.63, 3.8) is 0 Å². The van der Waals surface area contributed by atoms with Gasteiger partial charge in [-0.3, -0.25) is 24.2 Å². The monoisotopic (exact) mass is 293 g/mol. The van der Waals surface area contributed by atoms with Crippen molar-refractivity contribution in [3.8, 4) is 0 Å². The molecule has 0 aromatic heterocycles. The topological polar surface area (TPSA) is 60.9 Å². The van der Waals surface area contributed by atoms with Crippen LogP contribution in [-0.2, 0) is 14.4 Å². The molecule has 0 unspecified atom stereocenters. The van der Waals surface area contributed by atoms with Crippen LogP contribution in [0.3, 0.4) is 0 Å². The fourth-order valence-electron chi connectivity index (χ4n) is 3.73. The third-order valence-corrected chi connectivity index (χ3v) is 5.01. The van der Waals surface area contributed by atoms with E-state index in [0.717, 1.165) is 25.9 Å². The summed E-state index contributed by atoms with van der Waals surface area (Å²) in [6.07, 6.45) is 4.57. The maximum absolute atomic E-state index is 12.4. The van der Waals surface area contributed by atoms with Gasteiger partial charge in [-0.1, -0.05) is 12.8 Å². The van der Waals surface area contributed by atoms with Gasteiger partial charge < -0.3 is 4.90 Å². The summed E-state index contributed by atoms with van der Waals surface area (Å²) in [5.74, 6) is -0.506. The predicted molar refractivity (Wildman–Crippen MR) is 76.2 cm³/mol. The summed E-state index contributed by atoms with van der Waals surface area (Å²) >= 11 is 0. The van der Waals surface area contributed by atoms with Crippen LogP contribution in [0.15, 0.2) is 0 Å². The van der Waals surface area contributed by atoms with E-state index in [2.05, 4.69) is 0 Å². The van der Waals surface area contributed by atoms with Crippen LogP contribution in [0.5, 0.6) is 0 Å². The number of carbonyl (C=O) groups is 3. The number of hydrogen-bond donors (Lipinski definition) is 0. The first-order valence-electron chi connectivity index (χ1n) is 7.89. The van der Waals surface area contributed by atoms with E-state index in [-0.39, 0.29) is 29.6 Å². The maximum atomic E-state index is 12.4. The molecule has 0 bridgehead atoms. The van der Waals surface area contributed by atoms with Crippen LogP contribution in [0.25, 0.3) is 0 Å². The van der Waals surface area contributed by atoms with Crippen molar-refractivity contribution in [2.24, 2.45) is 11.8 Å². The highest BCUT2D eigenvalue weighted by Gasteiger charge is 2.51. The Balaban J connectivity index is 1.57. The number of rotatable bonds is 2. The van der Waals surface area contributed by atoms with Gasteiger partial charge in [-0.05, 0) is 12.8 Å². The molecule has 3 saturated heterocycles. The average Bonchev–Trinajstić information content (AvgIpc) is 2.81. The van der Waals surface area contributed by atoms with Crippen LogP contribution in [-0.4, -0.2) is 72.2 Å². The molecule has 0 N–H and O–H groups in total. The minimum atomic E-state index is -0.237. The molecule has 3 heterocycles. The van der Waals surface area contributed by atoms with Crippen molar-refractivity contribution in [1.29, 1.82) is 0 Å². The van der Waals surface area contributed by atoms with Crippen LogP contribution >= 0.6 is 0 Å². The Morgan fingerprint density at radius 1 is 1.00 bits per heavy atom. The van der Waals surface area contributed by atoms with Gasteiger partial charge in [0.25, 0.3) is 0 Å². The summed E-state index contributed by atoms with van der Waals surface area (Å²) in [4.78, 5) is 41.4. The van der Waals surface area contributed by atoms with Gasteiger partial charge in [0.15, 0.2) is 0 Å². The maximum Gasteiger partial charge on any atom is 0.236 e. The Morgan fingerprint density at radius 3 is 2.05 bits per heavy atom. The predicted octanol–water partition coefficient (Wildman–Crippen LogP) is -0.0644. The molecule has 3 rings (SSSR count). The van der Waals surface area contributed by atoms with Crippen molar-refractivity contribution in [2.75, 3.05) is 39.8 Å². The van der Waals surface area contributed by atoms with E-state index >= 15 is 0 Å². The molecular weight excluding hydrogens is 270 g/mol. The molecule has 6 nitrogen and oxygen atoms in total. The number of likely N-dealkylation sites (tertiary alicyclic amines) is 3. The van der Waals surface area contributed by atoms with E-state index in [4.69, 9.17) is 0 Å². The molecule has 3 amide bonds. The van der Waals surface area contributed by atoms with Crippen LogP contribution in [0.4, 0.5) is 0 Å². The number of carbonyl (C=O) groups excluding carboxylic acids is 3. The number of imide groups is 1. The van der Waals surface area contributed by atoms with E-state index in [1.54, 1.807) is 7.05 Å². The molecule has 3 fully saturated rings. The Labute approximate surface area is 125 Å². The summed E-state index contributed by atoms with van der Waals surface area (Å²) in [6.45, 7) is 3.12. The van der Waals surface area contributed by atoms with Gasteiger partial charge in [-0.2, -0.15) is 0 Å². The quantitative estimate of drug-likeness (QED) is 0.669. The van der Waals surface area contributed by atoms with Gasteiger partial charge >= 0.3 is 0 Å². The molecule has 0 radical (unpaired) electrons. The third-order valence-electron chi connectivity index (χ3n) is 5.01. The van der Waals surface area contributed by atoms with E-state index < -0.39 is 0 Å². The van der Waals surface area contributed by atoms with E-state index in [0.29, 0.717) is 19.6 Å². The fraction of sp³-hybridized carbons (Fsp3) is 0.800. The molecule has 6 heteroatoms. The highest BCUT2D eigenvalue weighted by Crippen LogP contribution is 2.32. The first-order valence-corrected chi connectivity index (χ1v) is 7.89. The molecule has 21 heavy (non-hydrogen) atoms. The Hall–Kier alpha value is -1.43. The van der Waals surface area contributed by atoms with Crippen molar-refractivity contribution >= 4 is 17.7 Å². The minimum absolute atomic E-state index is 0.0882. The second-order valence-electron chi connectivity index (χ2n) is 6.44. The molecule has 3 aliphatic rings. The standard InChI is InChI=1S/C15H23N3O3/c1-16-14(20)11-8-17(9-12(11)15(16)21)10-13(19)18-6-4-2-3-5-7-18/h11-12H,2-10H2,1H3/t11-,12+. The van der Waals surface area contributed by atoms with Gasteiger partial charge in [0.1, 0.15) is 0 Å². The van der Waals surface area contributed by atoms with Gasteiger partial charge in [-0.15, -0.1) is 0 Å². The highest BCUT2D eigenvalue weighted by atomic mass is 16.2. The fourth-order valence-corrected chi connectivity index (χ4v) is 3.73. The molecule has 2 atom stereocenters. The summed E-state index contributed by atoms with van der Waals surface area (Å²) < 4.78 is 0. The molecule has 0 saturated carbocycles. The molecule has 0 aromatic rings. The number of fused-ring (bicyclic) bond motifs is 1. The summed E-state index contributed by atoms with van der Waals surface area (Å²) in [5.41, 5.74) is 0. The normalized spacial score (nSPS) is 30.7. The van der Waals surface area contributed by atoms with Gasteiger partial charge in [-0.25, -0.2) is 0 Å². The largest absolute Gasteiger partial charge is 0.342 e. The lowest BCUT2D eigenvalue weighted by Crippen LogP contribution is -2.41. The van der Waals surface area contributed by atoms with Crippen LogP contribution in [0.1, 0.15) is 25.7 Å².